The van der Waals surface area contributed by atoms with E-state index in [0.717, 1.165) is 0 Å². The Morgan fingerprint density at radius 1 is 1.28 bits per heavy atom. The third-order valence-electron chi connectivity index (χ3n) is 2.20. The Morgan fingerprint density at radius 2 is 2.11 bits per heavy atom. The van der Waals surface area contributed by atoms with Crippen LogP contribution in [-0.2, 0) is 0 Å². The van der Waals surface area contributed by atoms with Crippen LogP contribution in [0.15, 0.2) is 36.5 Å². The monoisotopic (exact) mass is 264 g/mol. The predicted molar refractivity (Wildman–Crippen MR) is 71.3 cm³/mol. The number of halogens is 1. The molecule has 2 aromatic rings. The van der Waals surface area contributed by atoms with Gasteiger partial charge in [0.1, 0.15) is 5.75 Å². The molecule has 0 saturated heterocycles. The van der Waals surface area contributed by atoms with E-state index in [4.69, 9.17) is 26.8 Å². The van der Waals surface area contributed by atoms with Crippen molar-refractivity contribution in [1.29, 1.82) is 0 Å². The maximum absolute atomic E-state index is 6.04. The molecule has 0 aliphatic heterocycles. The standard InChI is InChI=1S/C13H13ClN2O2/c1-2-17-12-4-3-7-16-13(12)18-11-6-5-9(15)8-10(11)14/h3-8H,2,15H2,1H3. The molecule has 18 heavy (non-hydrogen) atoms. The van der Waals surface area contributed by atoms with Gasteiger partial charge in [0.15, 0.2) is 5.75 Å². The van der Waals surface area contributed by atoms with Crippen molar-refractivity contribution in [2.75, 3.05) is 12.3 Å². The van der Waals surface area contributed by atoms with Gasteiger partial charge in [-0.05, 0) is 37.3 Å². The maximum Gasteiger partial charge on any atom is 0.262 e. The van der Waals surface area contributed by atoms with Gasteiger partial charge in [0, 0.05) is 11.9 Å². The lowest BCUT2D eigenvalue weighted by molar-refractivity contribution is 0.316. The zero-order valence-corrected chi connectivity index (χ0v) is 10.6. The summed E-state index contributed by atoms with van der Waals surface area (Å²) in [5, 5.41) is 0.433. The smallest absolute Gasteiger partial charge is 0.262 e. The summed E-state index contributed by atoms with van der Waals surface area (Å²) in [6.45, 7) is 2.44. The molecule has 0 radical (unpaired) electrons. The molecule has 1 heterocycles. The summed E-state index contributed by atoms with van der Waals surface area (Å²) in [5.74, 6) is 1.45. The van der Waals surface area contributed by atoms with Gasteiger partial charge >= 0.3 is 0 Å². The number of pyridine rings is 1. The van der Waals surface area contributed by atoms with Gasteiger partial charge in [-0.3, -0.25) is 0 Å². The van der Waals surface area contributed by atoms with Gasteiger partial charge in [0.25, 0.3) is 5.88 Å². The molecular formula is C13H13ClN2O2. The summed E-state index contributed by atoms with van der Waals surface area (Å²) in [6, 6.07) is 8.60. The summed E-state index contributed by atoms with van der Waals surface area (Å²) in [5.41, 5.74) is 6.20. The highest BCUT2D eigenvalue weighted by molar-refractivity contribution is 6.32. The van der Waals surface area contributed by atoms with Gasteiger partial charge < -0.3 is 15.2 Å². The Labute approximate surface area is 110 Å². The number of hydrogen-bond donors (Lipinski definition) is 1. The van der Waals surface area contributed by atoms with Crippen molar-refractivity contribution in [3.63, 3.8) is 0 Å². The number of nitrogens with two attached hydrogens (primary N) is 1. The van der Waals surface area contributed by atoms with Crippen LogP contribution in [0, 0.1) is 0 Å². The highest BCUT2D eigenvalue weighted by Gasteiger charge is 2.09. The Bertz CT molecular complexity index is 546. The molecule has 0 amide bonds. The fourth-order valence-electron chi connectivity index (χ4n) is 1.42. The van der Waals surface area contributed by atoms with Crippen LogP contribution in [0.3, 0.4) is 0 Å². The lowest BCUT2D eigenvalue weighted by Crippen LogP contribution is -1.97. The van der Waals surface area contributed by atoms with Crippen molar-refractivity contribution in [3.8, 4) is 17.4 Å². The Hall–Kier alpha value is -1.94. The molecule has 0 atom stereocenters. The number of nitrogens with zero attached hydrogens (tertiary/aromatic N) is 1. The third kappa shape index (κ3) is 2.84. The highest BCUT2D eigenvalue weighted by Crippen LogP contribution is 2.34. The molecule has 0 saturated carbocycles. The number of nitrogen functional groups attached to an aromatic ring is 1. The first-order chi connectivity index (χ1) is 8.70. The van der Waals surface area contributed by atoms with E-state index >= 15 is 0 Å². The quantitative estimate of drug-likeness (QED) is 0.859. The van der Waals surface area contributed by atoms with E-state index in [1.165, 1.54) is 0 Å². The van der Waals surface area contributed by atoms with Crippen molar-refractivity contribution in [2.24, 2.45) is 0 Å². The molecule has 4 nitrogen and oxygen atoms in total. The minimum absolute atomic E-state index is 0.381. The van der Waals surface area contributed by atoms with E-state index in [9.17, 15) is 0 Å². The highest BCUT2D eigenvalue weighted by atomic mass is 35.5. The molecule has 0 fully saturated rings. The molecule has 5 heteroatoms. The first-order valence-corrected chi connectivity index (χ1v) is 5.89. The molecule has 1 aromatic carbocycles. The Kier molecular flexibility index (Phi) is 3.89. The SMILES string of the molecule is CCOc1cccnc1Oc1ccc(N)cc1Cl. The van der Waals surface area contributed by atoms with Gasteiger partial charge in [-0.15, -0.1) is 0 Å². The first-order valence-electron chi connectivity index (χ1n) is 5.51. The molecule has 0 aliphatic rings. The number of benzene rings is 1. The van der Waals surface area contributed by atoms with Gasteiger partial charge in [0.2, 0.25) is 0 Å². The predicted octanol–water partition coefficient (Wildman–Crippen LogP) is 3.51. The molecule has 0 aliphatic carbocycles. The first kappa shape index (κ1) is 12.5. The summed E-state index contributed by atoms with van der Waals surface area (Å²) in [6.07, 6.45) is 1.63. The maximum atomic E-state index is 6.04. The number of rotatable bonds is 4. The van der Waals surface area contributed by atoms with Crippen LogP contribution in [0.5, 0.6) is 17.4 Å². The third-order valence-corrected chi connectivity index (χ3v) is 2.49. The molecule has 2 N–H and O–H groups in total. The van der Waals surface area contributed by atoms with Crippen molar-refractivity contribution in [3.05, 3.63) is 41.6 Å². The van der Waals surface area contributed by atoms with Crippen LogP contribution in [0.4, 0.5) is 5.69 Å². The lowest BCUT2D eigenvalue weighted by atomic mass is 10.3. The van der Waals surface area contributed by atoms with Crippen LogP contribution < -0.4 is 15.2 Å². The van der Waals surface area contributed by atoms with E-state index < -0.39 is 0 Å². The molecule has 0 bridgehead atoms. The summed E-state index contributed by atoms with van der Waals surface area (Å²) < 4.78 is 11.0. The second-order valence-electron chi connectivity index (χ2n) is 3.53. The van der Waals surface area contributed by atoms with Gasteiger partial charge in [-0.2, -0.15) is 0 Å². The van der Waals surface area contributed by atoms with Crippen LogP contribution in [0.25, 0.3) is 0 Å². The number of aromatic nitrogens is 1. The average Bonchev–Trinajstić information content (AvgIpc) is 2.35. The topological polar surface area (TPSA) is 57.4 Å². The van der Waals surface area contributed by atoms with Crippen molar-refractivity contribution < 1.29 is 9.47 Å². The Morgan fingerprint density at radius 3 is 2.83 bits per heavy atom. The van der Waals surface area contributed by atoms with Gasteiger partial charge in [-0.1, -0.05) is 11.6 Å². The molecular weight excluding hydrogens is 252 g/mol. The van der Waals surface area contributed by atoms with E-state index in [0.29, 0.717) is 34.7 Å². The van der Waals surface area contributed by atoms with Crippen LogP contribution in [0.2, 0.25) is 5.02 Å². The fourth-order valence-corrected chi connectivity index (χ4v) is 1.65. The number of anilines is 1. The van der Waals surface area contributed by atoms with Crippen LogP contribution in [-0.4, -0.2) is 11.6 Å². The van der Waals surface area contributed by atoms with Gasteiger partial charge in [0.05, 0.1) is 11.6 Å². The largest absolute Gasteiger partial charge is 0.488 e. The normalized spacial score (nSPS) is 10.1. The molecule has 0 spiro atoms. The molecule has 1 aromatic heterocycles. The average molecular weight is 265 g/mol. The lowest BCUT2D eigenvalue weighted by Gasteiger charge is -2.11. The minimum atomic E-state index is 0.381. The second kappa shape index (κ2) is 5.60. The van der Waals surface area contributed by atoms with Crippen molar-refractivity contribution in [2.45, 2.75) is 6.92 Å². The van der Waals surface area contributed by atoms with E-state index in [2.05, 4.69) is 4.98 Å². The summed E-state index contributed by atoms with van der Waals surface area (Å²) >= 11 is 6.04. The van der Waals surface area contributed by atoms with E-state index in [1.807, 2.05) is 6.92 Å². The zero-order chi connectivity index (χ0) is 13.0. The number of ether oxygens (including phenoxy) is 2. The second-order valence-corrected chi connectivity index (χ2v) is 3.94. The van der Waals surface area contributed by atoms with Crippen LogP contribution in [0.1, 0.15) is 6.92 Å². The minimum Gasteiger partial charge on any atom is -0.488 e. The summed E-state index contributed by atoms with van der Waals surface area (Å²) in [4.78, 5) is 4.12. The van der Waals surface area contributed by atoms with E-state index in [-0.39, 0.29) is 0 Å². The van der Waals surface area contributed by atoms with E-state index in [1.54, 1.807) is 36.5 Å². The van der Waals surface area contributed by atoms with Gasteiger partial charge in [-0.25, -0.2) is 4.98 Å². The molecule has 94 valence electrons. The van der Waals surface area contributed by atoms with Crippen molar-refractivity contribution >= 4 is 17.3 Å². The fraction of sp³-hybridized carbons (Fsp3) is 0.154. The molecule has 0 unspecified atom stereocenters. The Balaban J connectivity index is 2.28. The zero-order valence-electron chi connectivity index (χ0n) is 9.89. The van der Waals surface area contributed by atoms with Crippen molar-refractivity contribution in [1.82, 2.24) is 4.98 Å². The summed E-state index contributed by atoms with van der Waals surface area (Å²) in [7, 11) is 0. The van der Waals surface area contributed by atoms with Crippen LogP contribution >= 0.6 is 11.6 Å². The number of hydrogen-bond acceptors (Lipinski definition) is 4. The molecule has 2 rings (SSSR count).